The van der Waals surface area contributed by atoms with Gasteiger partial charge in [-0.2, -0.15) is 0 Å². The lowest BCUT2D eigenvalue weighted by atomic mass is 9.42. The van der Waals surface area contributed by atoms with Crippen LogP contribution < -0.4 is 5.32 Å². The fourth-order valence-corrected chi connectivity index (χ4v) is 7.51. The van der Waals surface area contributed by atoms with Crippen molar-refractivity contribution in [1.29, 1.82) is 0 Å². The second-order valence-electron chi connectivity index (χ2n) is 9.09. The van der Waals surface area contributed by atoms with E-state index in [0.717, 1.165) is 23.4 Å². The molecule has 4 heterocycles. The van der Waals surface area contributed by atoms with Gasteiger partial charge in [-0.05, 0) is 24.1 Å². The molecule has 3 unspecified atom stereocenters. The molecule has 5 aliphatic rings. The molecule has 1 aliphatic carbocycles. The van der Waals surface area contributed by atoms with Crippen LogP contribution in [0, 0.1) is 11.3 Å². The van der Waals surface area contributed by atoms with Crippen LogP contribution in [0.4, 0.5) is 5.69 Å². The summed E-state index contributed by atoms with van der Waals surface area (Å²) in [5.74, 6) is -1.48. The van der Waals surface area contributed by atoms with Crippen molar-refractivity contribution in [3.63, 3.8) is 0 Å². The standard InChI is InChI=1S/C21H22N2O4/c1-3-12-10-23(2)9-8-20-13-6-4-5-7-14(13)22-21(20)17(23)16(24)15(12)19(20,11-27-21)18(25)26/h3-7,15,17,22H,8-11H2,1-2H3/p+1/b12-3-/t15-,17?,19-,20+,21?,23?/m1/s1. The van der Waals surface area contributed by atoms with Crippen LogP contribution in [0.3, 0.4) is 0 Å². The van der Waals surface area contributed by atoms with Gasteiger partial charge in [0.2, 0.25) is 11.5 Å². The molecule has 1 saturated carbocycles. The molecule has 6 rings (SSSR count). The number of carbonyl (C=O) groups is 2. The number of Topliss-reactive ketones (excluding diaryl/α,β-unsaturated/α-hetero) is 1. The smallest absolute Gasteiger partial charge is 0.314 e. The third-order valence-corrected chi connectivity index (χ3v) is 8.35. The summed E-state index contributed by atoms with van der Waals surface area (Å²) in [5.41, 5.74) is -0.0563. The number of aliphatic carboxylic acids is 1. The van der Waals surface area contributed by atoms with Gasteiger partial charge in [-0.25, -0.2) is 0 Å². The van der Waals surface area contributed by atoms with Crippen molar-refractivity contribution >= 4 is 17.4 Å². The number of benzene rings is 1. The highest BCUT2D eigenvalue weighted by Gasteiger charge is 2.91. The van der Waals surface area contributed by atoms with Crippen LogP contribution >= 0.6 is 0 Å². The molecule has 6 atom stereocenters. The van der Waals surface area contributed by atoms with Crippen LogP contribution in [-0.2, 0) is 19.7 Å². The normalized spacial score (nSPS) is 49.7. The van der Waals surface area contributed by atoms with Crippen LogP contribution in [0.5, 0.6) is 0 Å². The maximum Gasteiger partial charge on any atom is 0.314 e. The Bertz CT molecular complexity index is 973. The summed E-state index contributed by atoms with van der Waals surface area (Å²) in [4.78, 5) is 26.7. The summed E-state index contributed by atoms with van der Waals surface area (Å²) in [6, 6.07) is 7.55. The van der Waals surface area contributed by atoms with Gasteiger partial charge in [0.05, 0.1) is 31.5 Å². The van der Waals surface area contributed by atoms with E-state index in [9.17, 15) is 14.7 Å². The number of carbonyl (C=O) groups excluding carboxylic acids is 1. The molecule has 5 bridgehead atoms. The number of hydrogen-bond donors (Lipinski definition) is 2. The van der Waals surface area contributed by atoms with Gasteiger partial charge in [0.25, 0.3) is 0 Å². The van der Waals surface area contributed by atoms with Crippen LogP contribution in [0.15, 0.2) is 35.9 Å². The van der Waals surface area contributed by atoms with Gasteiger partial charge in [0.15, 0.2) is 6.04 Å². The summed E-state index contributed by atoms with van der Waals surface area (Å²) in [6.45, 7) is 3.49. The average Bonchev–Trinajstić information content (AvgIpc) is 3.05. The number of ether oxygens (including phenoxy) is 1. The van der Waals surface area contributed by atoms with E-state index >= 15 is 0 Å². The second kappa shape index (κ2) is 4.28. The zero-order valence-corrected chi connectivity index (χ0v) is 15.5. The molecule has 3 saturated heterocycles. The number of allylic oxidation sites excluding steroid dienone is 1. The number of para-hydroxylation sites is 1. The zero-order chi connectivity index (χ0) is 18.8. The van der Waals surface area contributed by atoms with E-state index in [1.807, 2.05) is 37.3 Å². The van der Waals surface area contributed by atoms with Crippen molar-refractivity contribution in [1.82, 2.24) is 0 Å². The second-order valence-corrected chi connectivity index (χ2v) is 9.09. The lowest BCUT2D eigenvalue weighted by molar-refractivity contribution is -0.937. The quantitative estimate of drug-likeness (QED) is 0.582. The predicted molar refractivity (Wildman–Crippen MR) is 97.1 cm³/mol. The lowest BCUT2D eigenvalue weighted by Gasteiger charge is -2.66. The van der Waals surface area contributed by atoms with E-state index in [0.29, 0.717) is 17.4 Å². The molecule has 4 fully saturated rings. The van der Waals surface area contributed by atoms with Crippen LogP contribution in [0.1, 0.15) is 18.9 Å². The summed E-state index contributed by atoms with van der Waals surface area (Å²) in [5, 5.41) is 14.2. The number of rotatable bonds is 1. The van der Waals surface area contributed by atoms with Gasteiger partial charge >= 0.3 is 5.97 Å². The van der Waals surface area contributed by atoms with Crippen molar-refractivity contribution in [3.8, 4) is 0 Å². The zero-order valence-electron chi connectivity index (χ0n) is 15.5. The minimum absolute atomic E-state index is 0.0346. The molecular formula is C21H23N2O4+. The van der Waals surface area contributed by atoms with Crippen molar-refractivity contribution in [2.24, 2.45) is 11.3 Å². The molecule has 140 valence electrons. The molecule has 1 aromatic rings. The first-order chi connectivity index (χ1) is 12.9. The van der Waals surface area contributed by atoms with E-state index in [1.54, 1.807) is 0 Å². The Morgan fingerprint density at radius 3 is 2.93 bits per heavy atom. The summed E-state index contributed by atoms with van der Waals surface area (Å²) < 4.78 is 7.04. The van der Waals surface area contributed by atoms with Crippen molar-refractivity contribution in [2.45, 2.75) is 30.5 Å². The van der Waals surface area contributed by atoms with Crippen molar-refractivity contribution in [3.05, 3.63) is 41.5 Å². The molecule has 6 heteroatoms. The van der Waals surface area contributed by atoms with Gasteiger partial charge in [0.1, 0.15) is 12.0 Å². The topological polar surface area (TPSA) is 75.6 Å². The molecule has 0 spiro atoms. The molecule has 0 radical (unpaired) electrons. The SMILES string of the molecule is C/C=C1/C[N+]2(C)CC[C@@]34c5ccccc5NC35OC[C@]4(C(=O)O)[C@H]1C(=O)C52. The number of fused-ring (bicyclic) bond motifs is 3. The Balaban J connectivity index is 1.79. The number of nitrogens with zero attached hydrogens (tertiary/aromatic N) is 1. The molecular weight excluding hydrogens is 344 g/mol. The minimum atomic E-state index is -1.26. The van der Waals surface area contributed by atoms with Crippen molar-refractivity contribution < 1.29 is 23.9 Å². The summed E-state index contributed by atoms with van der Waals surface area (Å²) >= 11 is 0. The Kier molecular flexibility index (Phi) is 2.51. The number of piperidine rings is 2. The Hall–Kier alpha value is -2.18. The highest BCUT2D eigenvalue weighted by molar-refractivity contribution is 6.01. The number of quaternary nitrogens is 1. The van der Waals surface area contributed by atoms with Gasteiger partial charge in [-0.15, -0.1) is 0 Å². The van der Waals surface area contributed by atoms with Crippen LogP contribution in [0.25, 0.3) is 0 Å². The largest absolute Gasteiger partial charge is 0.481 e. The first-order valence-corrected chi connectivity index (χ1v) is 9.66. The third-order valence-electron chi connectivity index (χ3n) is 8.35. The molecule has 27 heavy (non-hydrogen) atoms. The third kappa shape index (κ3) is 1.26. The minimum Gasteiger partial charge on any atom is -0.481 e. The number of carboxylic acids is 1. The number of likely N-dealkylation sites (N-methyl/N-ethyl adjacent to an activating group) is 1. The van der Waals surface area contributed by atoms with E-state index in [2.05, 4.69) is 12.4 Å². The number of ketones is 1. The number of hydrogen-bond acceptors (Lipinski definition) is 4. The van der Waals surface area contributed by atoms with E-state index in [-0.39, 0.29) is 18.4 Å². The molecule has 2 N–H and O–H groups in total. The van der Waals surface area contributed by atoms with Gasteiger partial charge in [0, 0.05) is 12.1 Å². The molecule has 4 aliphatic heterocycles. The molecule has 1 aromatic carbocycles. The fraction of sp³-hybridized carbons (Fsp3) is 0.524. The Morgan fingerprint density at radius 2 is 2.19 bits per heavy atom. The molecule has 0 amide bonds. The maximum atomic E-state index is 13.8. The first kappa shape index (κ1) is 15.8. The highest BCUT2D eigenvalue weighted by atomic mass is 16.5. The summed E-state index contributed by atoms with van der Waals surface area (Å²) in [6.07, 6.45) is 2.68. The van der Waals surface area contributed by atoms with Gasteiger partial charge in [-0.3, -0.25) is 9.59 Å². The monoisotopic (exact) mass is 367 g/mol. The number of nitrogens with one attached hydrogen (secondary N) is 1. The molecule has 0 aromatic heterocycles. The number of anilines is 1. The van der Waals surface area contributed by atoms with Crippen LogP contribution in [0.2, 0.25) is 0 Å². The predicted octanol–water partition coefficient (Wildman–Crippen LogP) is 1.53. The average molecular weight is 367 g/mol. The van der Waals surface area contributed by atoms with E-state index < -0.39 is 28.4 Å². The van der Waals surface area contributed by atoms with Gasteiger partial charge < -0.3 is 19.6 Å². The Labute approximate surface area is 157 Å². The molecule has 6 nitrogen and oxygen atoms in total. The highest BCUT2D eigenvalue weighted by Crippen LogP contribution is 2.74. The lowest BCUT2D eigenvalue weighted by Crippen LogP contribution is -2.86. The fourth-order valence-electron chi connectivity index (χ4n) is 7.51. The summed E-state index contributed by atoms with van der Waals surface area (Å²) in [7, 11) is 2.13. The van der Waals surface area contributed by atoms with Crippen LogP contribution in [-0.4, -0.2) is 59.9 Å². The van der Waals surface area contributed by atoms with E-state index in [1.165, 1.54) is 0 Å². The first-order valence-electron chi connectivity index (χ1n) is 9.66. The van der Waals surface area contributed by atoms with Gasteiger partial charge in [-0.1, -0.05) is 24.3 Å². The van der Waals surface area contributed by atoms with E-state index in [4.69, 9.17) is 4.74 Å². The number of carboxylic acid groups (broad SMARTS) is 1. The van der Waals surface area contributed by atoms with Crippen molar-refractivity contribution in [2.75, 3.05) is 32.1 Å². The maximum absolute atomic E-state index is 13.8. The Morgan fingerprint density at radius 1 is 1.41 bits per heavy atom.